The summed E-state index contributed by atoms with van der Waals surface area (Å²) in [5.41, 5.74) is 3.18. The molecule has 0 radical (unpaired) electrons. The average molecular weight is 661 g/mol. The van der Waals surface area contributed by atoms with Crippen molar-refractivity contribution in [3.05, 3.63) is 102 Å². The molecule has 49 heavy (non-hydrogen) atoms. The topological polar surface area (TPSA) is 108 Å². The van der Waals surface area contributed by atoms with Gasteiger partial charge in [0.05, 0.1) is 12.5 Å². The molecule has 2 aliphatic heterocycles. The van der Waals surface area contributed by atoms with Crippen LogP contribution in [0.2, 0.25) is 0 Å². The van der Waals surface area contributed by atoms with Gasteiger partial charge < -0.3 is 25.2 Å². The second-order valence-corrected chi connectivity index (χ2v) is 13.1. The molecule has 6 rings (SSSR count). The Kier molecular flexibility index (Phi) is 10.6. The van der Waals surface area contributed by atoms with Crippen molar-refractivity contribution in [1.29, 1.82) is 0 Å². The summed E-state index contributed by atoms with van der Waals surface area (Å²) < 4.78 is 6.45. The highest BCUT2D eigenvalue weighted by Gasteiger charge is 2.39. The van der Waals surface area contributed by atoms with Gasteiger partial charge in [-0.3, -0.25) is 19.2 Å². The molecule has 0 saturated carbocycles. The Morgan fingerprint density at radius 1 is 0.857 bits per heavy atom. The molecule has 4 aromatic rings. The minimum absolute atomic E-state index is 0.113. The molecular weight excluding hydrogens is 616 g/mol. The summed E-state index contributed by atoms with van der Waals surface area (Å²) in [4.78, 5) is 57.2. The first-order valence-corrected chi connectivity index (χ1v) is 17.2. The van der Waals surface area contributed by atoms with Crippen LogP contribution >= 0.6 is 0 Å². The van der Waals surface area contributed by atoms with Crippen LogP contribution in [0.1, 0.15) is 54.9 Å². The molecule has 2 bridgehead atoms. The molecule has 0 spiro atoms. The molecule has 2 heterocycles. The van der Waals surface area contributed by atoms with Crippen LogP contribution in [0, 0.1) is 0 Å². The van der Waals surface area contributed by atoms with Crippen molar-refractivity contribution in [2.75, 3.05) is 26.7 Å². The predicted octanol–water partition coefficient (Wildman–Crippen LogP) is 5.36. The van der Waals surface area contributed by atoms with Gasteiger partial charge in [0.2, 0.25) is 17.7 Å². The molecule has 0 unspecified atom stereocenters. The maximum absolute atomic E-state index is 14.3. The number of hydrogen-bond donors (Lipinski definition) is 2. The van der Waals surface area contributed by atoms with Crippen LogP contribution in [-0.2, 0) is 20.8 Å². The normalized spacial score (nSPS) is 19.9. The summed E-state index contributed by atoms with van der Waals surface area (Å²) in [5.74, 6) is 0.0172. The zero-order valence-electron chi connectivity index (χ0n) is 28.2. The summed E-state index contributed by atoms with van der Waals surface area (Å²) in [6, 6.07) is 27.9. The van der Waals surface area contributed by atoms with Crippen LogP contribution in [0.15, 0.2) is 91.0 Å². The van der Waals surface area contributed by atoms with Gasteiger partial charge in [-0.05, 0) is 65.8 Å². The molecule has 3 atom stereocenters. The smallest absolute Gasteiger partial charge is 0.253 e. The molecule has 2 aliphatic rings. The minimum Gasteiger partial charge on any atom is -0.491 e. The Balaban J connectivity index is 1.26. The van der Waals surface area contributed by atoms with Crippen molar-refractivity contribution in [3.63, 3.8) is 0 Å². The summed E-state index contributed by atoms with van der Waals surface area (Å²) >= 11 is 0. The molecule has 9 nitrogen and oxygen atoms in total. The lowest BCUT2D eigenvalue weighted by Gasteiger charge is -2.30. The molecule has 0 aliphatic carbocycles. The first-order chi connectivity index (χ1) is 23.8. The third-order valence-electron chi connectivity index (χ3n) is 9.42. The highest BCUT2D eigenvalue weighted by atomic mass is 16.5. The second-order valence-electron chi connectivity index (χ2n) is 13.1. The number of carbonyl (C=O) groups is 4. The number of nitrogens with one attached hydrogen (secondary N) is 2. The van der Waals surface area contributed by atoms with Crippen LogP contribution < -0.4 is 15.4 Å². The lowest BCUT2D eigenvalue weighted by molar-refractivity contribution is -0.138. The van der Waals surface area contributed by atoms with Gasteiger partial charge in [0.15, 0.2) is 0 Å². The fraction of sp³-hybridized carbons (Fsp3) is 0.350. The number of ether oxygens (including phenoxy) is 1. The summed E-state index contributed by atoms with van der Waals surface area (Å²) in [6.07, 6.45) is 2.61. The number of nitrogens with zero attached hydrogens (tertiary/aromatic N) is 2. The lowest BCUT2D eigenvalue weighted by Crippen LogP contribution is -2.51. The van der Waals surface area contributed by atoms with Crippen molar-refractivity contribution in [1.82, 2.24) is 20.4 Å². The molecule has 2 N–H and O–H groups in total. The number of benzene rings is 4. The summed E-state index contributed by atoms with van der Waals surface area (Å²) in [6.45, 7) is 2.86. The number of carbonyl (C=O) groups excluding carboxylic acids is 4. The van der Waals surface area contributed by atoms with Gasteiger partial charge in [-0.15, -0.1) is 0 Å². The Labute approximate surface area is 287 Å². The van der Waals surface area contributed by atoms with Gasteiger partial charge in [0.25, 0.3) is 5.91 Å². The van der Waals surface area contributed by atoms with Crippen LogP contribution in [0.3, 0.4) is 0 Å². The zero-order chi connectivity index (χ0) is 34.3. The van der Waals surface area contributed by atoms with E-state index in [4.69, 9.17) is 4.74 Å². The Bertz CT molecular complexity index is 1840. The Morgan fingerprint density at radius 3 is 2.47 bits per heavy atom. The quantitative estimate of drug-likeness (QED) is 0.290. The third-order valence-corrected chi connectivity index (χ3v) is 9.42. The number of amides is 4. The monoisotopic (exact) mass is 660 g/mol. The molecule has 1 saturated heterocycles. The van der Waals surface area contributed by atoms with Crippen LogP contribution in [0.25, 0.3) is 21.9 Å². The average Bonchev–Trinajstić information content (AvgIpc) is 3.51. The van der Waals surface area contributed by atoms with Crippen molar-refractivity contribution < 1.29 is 23.9 Å². The van der Waals surface area contributed by atoms with Crippen LogP contribution in [0.4, 0.5) is 0 Å². The fourth-order valence-corrected chi connectivity index (χ4v) is 6.90. The Hall–Kier alpha value is -5.18. The standard InChI is InChI=1S/C40H44N4O5/c1-3-10-37(45)42-35-16-9-20-43(2)39(47)31-14-8-13-30(23-31)34-15-6-7-17-36(34)49-26-33-24-32(25-44(33)40(35)48)41-38(46)22-27-18-19-28-11-4-5-12-29(28)21-27/h4-8,11-15,17-19,21,23,32-33,35H,3,9-10,16,20,22,24-26H2,1-2H3,(H,41,46)(H,42,45)/t32-,33-,35-/m0/s1. The second kappa shape index (κ2) is 15.4. The zero-order valence-corrected chi connectivity index (χ0v) is 28.2. The molecular formula is C40H44N4O5. The van der Waals surface area contributed by atoms with Crippen LogP contribution in [-0.4, -0.2) is 78.3 Å². The molecule has 1 fully saturated rings. The van der Waals surface area contributed by atoms with Gasteiger partial charge in [-0.25, -0.2) is 0 Å². The molecule has 0 aromatic heterocycles. The number of fused-ring (bicyclic) bond motifs is 6. The van der Waals surface area contributed by atoms with Crippen molar-refractivity contribution in [3.8, 4) is 16.9 Å². The summed E-state index contributed by atoms with van der Waals surface area (Å²) in [7, 11) is 1.75. The van der Waals surface area contributed by atoms with Crippen molar-refractivity contribution in [2.45, 2.75) is 63.6 Å². The van der Waals surface area contributed by atoms with Gasteiger partial charge in [-0.1, -0.05) is 79.7 Å². The number of rotatable bonds is 6. The van der Waals surface area contributed by atoms with E-state index in [1.54, 1.807) is 22.9 Å². The van der Waals surface area contributed by atoms with E-state index in [1.807, 2.05) is 91.9 Å². The van der Waals surface area contributed by atoms with E-state index in [2.05, 4.69) is 10.6 Å². The minimum atomic E-state index is -0.763. The van der Waals surface area contributed by atoms with Gasteiger partial charge in [-0.2, -0.15) is 0 Å². The first-order valence-electron chi connectivity index (χ1n) is 17.2. The third kappa shape index (κ3) is 8.11. The number of hydrogen-bond acceptors (Lipinski definition) is 5. The number of para-hydroxylation sites is 1. The van der Waals surface area contributed by atoms with E-state index in [-0.39, 0.29) is 48.7 Å². The van der Waals surface area contributed by atoms with E-state index < -0.39 is 6.04 Å². The highest BCUT2D eigenvalue weighted by molar-refractivity contribution is 5.95. The van der Waals surface area contributed by atoms with Crippen molar-refractivity contribution in [2.24, 2.45) is 0 Å². The van der Waals surface area contributed by atoms with E-state index >= 15 is 0 Å². The van der Waals surface area contributed by atoms with Gasteiger partial charge in [0, 0.05) is 43.7 Å². The molecule has 9 heteroatoms. The van der Waals surface area contributed by atoms with Crippen molar-refractivity contribution >= 4 is 34.4 Å². The summed E-state index contributed by atoms with van der Waals surface area (Å²) in [5, 5.41) is 8.35. The molecule has 254 valence electrons. The largest absolute Gasteiger partial charge is 0.491 e. The van der Waals surface area contributed by atoms with Gasteiger partial charge in [0.1, 0.15) is 18.4 Å². The first kappa shape index (κ1) is 33.7. The predicted molar refractivity (Wildman–Crippen MR) is 190 cm³/mol. The van der Waals surface area contributed by atoms with E-state index in [0.29, 0.717) is 56.5 Å². The Morgan fingerprint density at radius 2 is 1.63 bits per heavy atom. The van der Waals surface area contributed by atoms with E-state index in [1.165, 1.54) is 0 Å². The highest BCUT2D eigenvalue weighted by Crippen LogP contribution is 2.32. The maximum Gasteiger partial charge on any atom is 0.253 e. The fourth-order valence-electron chi connectivity index (χ4n) is 6.90. The van der Waals surface area contributed by atoms with E-state index in [0.717, 1.165) is 27.5 Å². The molecule has 4 amide bonds. The lowest BCUT2D eigenvalue weighted by atomic mass is 10.0. The van der Waals surface area contributed by atoms with Gasteiger partial charge >= 0.3 is 0 Å². The van der Waals surface area contributed by atoms with E-state index in [9.17, 15) is 19.2 Å². The molecule has 4 aromatic carbocycles. The maximum atomic E-state index is 14.3. The van der Waals surface area contributed by atoms with Crippen LogP contribution in [0.5, 0.6) is 5.75 Å². The SMILES string of the molecule is CCCC(=O)N[C@H]1CCCN(C)C(=O)c2cccc(c2)-c2ccccc2OC[C@@H]2C[C@H](NC(=O)Cc3ccc4ccccc4c3)CN2C1=O.